The average Bonchev–Trinajstić information content (AvgIpc) is 2.36. The number of nitrogens with two attached hydrogens (primary N) is 1. The topological polar surface area (TPSA) is 70.8 Å². The van der Waals surface area contributed by atoms with Gasteiger partial charge in [-0.05, 0) is 19.1 Å². The van der Waals surface area contributed by atoms with Gasteiger partial charge in [-0.25, -0.2) is 0 Å². The summed E-state index contributed by atoms with van der Waals surface area (Å²) in [4.78, 5) is 11.3. The number of ether oxygens (including phenoxy) is 3. The maximum atomic E-state index is 11.3. The summed E-state index contributed by atoms with van der Waals surface area (Å²) in [5.74, 6) is 0.681. The average molecular weight is 239 g/mol. The van der Waals surface area contributed by atoms with Gasteiger partial charge in [0, 0.05) is 0 Å². The fourth-order valence-electron chi connectivity index (χ4n) is 1.23. The van der Waals surface area contributed by atoms with Gasteiger partial charge >= 0.3 is 5.97 Å². The van der Waals surface area contributed by atoms with Crippen molar-refractivity contribution in [3.05, 3.63) is 24.3 Å². The molecule has 5 nitrogen and oxygen atoms in total. The highest BCUT2D eigenvalue weighted by atomic mass is 16.5. The summed E-state index contributed by atoms with van der Waals surface area (Å²) in [6, 6.07) is 6.37. The quantitative estimate of drug-likeness (QED) is 0.749. The summed E-state index contributed by atoms with van der Waals surface area (Å²) in [6.07, 6.45) is 0. The van der Waals surface area contributed by atoms with E-state index in [0.717, 1.165) is 0 Å². The molecule has 0 radical (unpaired) electrons. The highest BCUT2D eigenvalue weighted by Gasteiger charge is 2.16. The van der Waals surface area contributed by atoms with Crippen LogP contribution in [0.15, 0.2) is 24.3 Å². The number of hydrogen-bond acceptors (Lipinski definition) is 5. The van der Waals surface area contributed by atoms with Crippen LogP contribution in [0, 0.1) is 0 Å². The molecule has 0 spiro atoms. The Morgan fingerprint density at radius 1 is 1.35 bits per heavy atom. The Bertz CT molecular complexity index is 367. The molecule has 17 heavy (non-hydrogen) atoms. The summed E-state index contributed by atoms with van der Waals surface area (Å²) in [5.41, 5.74) is 5.60. The Kier molecular flexibility index (Phi) is 5.29. The summed E-state index contributed by atoms with van der Waals surface area (Å²) >= 11 is 0. The number of rotatable bonds is 6. The third kappa shape index (κ3) is 3.96. The number of hydrogen-bond donors (Lipinski definition) is 1. The van der Waals surface area contributed by atoms with Crippen molar-refractivity contribution in [3.63, 3.8) is 0 Å². The molecule has 0 saturated heterocycles. The molecular weight excluding hydrogens is 222 g/mol. The Balaban J connectivity index is 2.52. The number of benzene rings is 1. The van der Waals surface area contributed by atoms with Crippen molar-refractivity contribution in [2.45, 2.75) is 13.0 Å². The molecule has 94 valence electrons. The Labute approximate surface area is 100 Å². The maximum absolute atomic E-state index is 11.3. The van der Waals surface area contributed by atoms with Crippen molar-refractivity contribution < 1.29 is 19.0 Å². The second kappa shape index (κ2) is 6.75. The number of para-hydroxylation sites is 2. The predicted molar refractivity (Wildman–Crippen MR) is 63.1 cm³/mol. The molecule has 0 aromatic heterocycles. The van der Waals surface area contributed by atoms with Crippen molar-refractivity contribution in [1.82, 2.24) is 0 Å². The first-order valence-corrected chi connectivity index (χ1v) is 5.37. The van der Waals surface area contributed by atoms with E-state index < -0.39 is 12.0 Å². The van der Waals surface area contributed by atoms with Crippen LogP contribution in [-0.4, -0.2) is 32.3 Å². The van der Waals surface area contributed by atoms with Crippen molar-refractivity contribution >= 4 is 5.97 Å². The molecule has 1 aromatic carbocycles. The number of esters is 1. The van der Waals surface area contributed by atoms with Crippen LogP contribution in [0.5, 0.6) is 11.5 Å². The van der Waals surface area contributed by atoms with Crippen molar-refractivity contribution in [2.24, 2.45) is 5.73 Å². The fraction of sp³-hybridized carbons (Fsp3) is 0.417. The molecular formula is C12H17NO4. The zero-order valence-corrected chi connectivity index (χ0v) is 10.0. The number of carbonyl (C=O) groups excluding carboxylic acids is 1. The summed E-state index contributed by atoms with van der Waals surface area (Å²) < 4.78 is 15.3. The van der Waals surface area contributed by atoms with Gasteiger partial charge in [-0.3, -0.25) is 4.79 Å². The van der Waals surface area contributed by atoms with Crippen molar-refractivity contribution in [3.8, 4) is 11.5 Å². The molecule has 2 N–H and O–H groups in total. The zero-order valence-electron chi connectivity index (χ0n) is 10.0. The molecule has 0 heterocycles. The van der Waals surface area contributed by atoms with E-state index in [9.17, 15) is 4.79 Å². The Morgan fingerprint density at radius 2 is 2.00 bits per heavy atom. The lowest BCUT2D eigenvalue weighted by Crippen LogP contribution is -2.37. The van der Waals surface area contributed by atoms with Gasteiger partial charge in [-0.2, -0.15) is 0 Å². The lowest BCUT2D eigenvalue weighted by Gasteiger charge is -2.13. The van der Waals surface area contributed by atoms with Crippen LogP contribution >= 0.6 is 0 Å². The molecule has 0 aliphatic heterocycles. The van der Waals surface area contributed by atoms with E-state index in [1.54, 1.807) is 26.2 Å². The van der Waals surface area contributed by atoms with Gasteiger partial charge < -0.3 is 19.9 Å². The second-order valence-electron chi connectivity index (χ2n) is 3.32. The van der Waals surface area contributed by atoms with Gasteiger partial charge in [0.05, 0.1) is 13.7 Å². The molecule has 1 atom stereocenters. The van der Waals surface area contributed by atoms with Crippen LogP contribution in [0.3, 0.4) is 0 Å². The van der Waals surface area contributed by atoms with Crippen LogP contribution in [0.2, 0.25) is 0 Å². The molecule has 0 aliphatic carbocycles. The SMILES string of the molecule is CCOC(=O)C(N)COc1ccccc1OC. The van der Waals surface area contributed by atoms with E-state index in [2.05, 4.69) is 0 Å². The Hall–Kier alpha value is -1.75. The van der Waals surface area contributed by atoms with Gasteiger partial charge in [0.1, 0.15) is 12.6 Å². The van der Waals surface area contributed by atoms with E-state index in [0.29, 0.717) is 18.1 Å². The molecule has 1 unspecified atom stereocenters. The lowest BCUT2D eigenvalue weighted by molar-refractivity contribution is -0.145. The molecule has 5 heteroatoms. The minimum absolute atomic E-state index is 0.0548. The third-order valence-electron chi connectivity index (χ3n) is 2.08. The predicted octanol–water partition coefficient (Wildman–Crippen LogP) is 0.964. The van der Waals surface area contributed by atoms with Gasteiger partial charge in [0.25, 0.3) is 0 Å². The first-order valence-electron chi connectivity index (χ1n) is 5.37. The van der Waals surface area contributed by atoms with E-state index in [1.165, 1.54) is 0 Å². The minimum atomic E-state index is -0.792. The van der Waals surface area contributed by atoms with Crippen molar-refractivity contribution in [2.75, 3.05) is 20.3 Å². The van der Waals surface area contributed by atoms with Gasteiger partial charge in [0.2, 0.25) is 0 Å². The molecule has 1 aromatic rings. The standard InChI is InChI=1S/C12H17NO4/c1-3-16-12(14)9(13)8-17-11-7-5-4-6-10(11)15-2/h4-7,9H,3,8,13H2,1-2H3. The molecule has 0 bridgehead atoms. The number of carbonyl (C=O) groups is 1. The maximum Gasteiger partial charge on any atom is 0.326 e. The zero-order chi connectivity index (χ0) is 12.7. The lowest BCUT2D eigenvalue weighted by atomic mass is 10.3. The Morgan fingerprint density at radius 3 is 2.59 bits per heavy atom. The minimum Gasteiger partial charge on any atom is -0.493 e. The van der Waals surface area contributed by atoms with E-state index in [1.807, 2.05) is 12.1 Å². The summed E-state index contributed by atoms with van der Waals surface area (Å²) in [5, 5.41) is 0. The molecule has 0 amide bonds. The van der Waals surface area contributed by atoms with Crippen LogP contribution < -0.4 is 15.2 Å². The van der Waals surface area contributed by atoms with Crippen molar-refractivity contribution in [1.29, 1.82) is 0 Å². The first-order chi connectivity index (χ1) is 8.19. The highest BCUT2D eigenvalue weighted by molar-refractivity contribution is 5.75. The monoisotopic (exact) mass is 239 g/mol. The third-order valence-corrected chi connectivity index (χ3v) is 2.08. The second-order valence-corrected chi connectivity index (χ2v) is 3.32. The molecule has 1 rings (SSSR count). The van der Waals surface area contributed by atoms with E-state index in [-0.39, 0.29) is 6.61 Å². The summed E-state index contributed by atoms with van der Waals surface area (Å²) in [7, 11) is 1.55. The summed E-state index contributed by atoms with van der Waals surface area (Å²) in [6.45, 7) is 2.09. The van der Waals surface area contributed by atoms with Crippen LogP contribution in [0.1, 0.15) is 6.92 Å². The van der Waals surface area contributed by atoms with Crippen LogP contribution in [0.25, 0.3) is 0 Å². The molecule has 0 fully saturated rings. The smallest absolute Gasteiger partial charge is 0.326 e. The first kappa shape index (κ1) is 13.3. The van der Waals surface area contributed by atoms with Crippen LogP contribution in [0.4, 0.5) is 0 Å². The van der Waals surface area contributed by atoms with E-state index in [4.69, 9.17) is 19.9 Å². The molecule has 0 aliphatic rings. The van der Waals surface area contributed by atoms with Crippen LogP contribution in [-0.2, 0) is 9.53 Å². The molecule has 0 saturated carbocycles. The normalized spacial score (nSPS) is 11.7. The van der Waals surface area contributed by atoms with Gasteiger partial charge in [-0.1, -0.05) is 12.1 Å². The fourth-order valence-corrected chi connectivity index (χ4v) is 1.23. The van der Waals surface area contributed by atoms with Gasteiger partial charge in [-0.15, -0.1) is 0 Å². The van der Waals surface area contributed by atoms with Gasteiger partial charge in [0.15, 0.2) is 11.5 Å². The largest absolute Gasteiger partial charge is 0.493 e. The van der Waals surface area contributed by atoms with E-state index >= 15 is 0 Å². The highest BCUT2D eigenvalue weighted by Crippen LogP contribution is 2.25. The number of methoxy groups -OCH3 is 1.